The molecule has 0 aliphatic rings. The molecule has 3 nitrogen and oxygen atoms in total. The highest BCUT2D eigenvalue weighted by molar-refractivity contribution is 5.57. The zero-order chi connectivity index (χ0) is 9.52. The molecule has 13 heavy (non-hydrogen) atoms. The molecule has 1 rings (SSSR count). The summed E-state index contributed by atoms with van der Waals surface area (Å²) in [6, 6.07) is 9.32. The normalized spacial score (nSPS) is 12.1. The van der Waals surface area contributed by atoms with Gasteiger partial charge in [0.1, 0.15) is 5.75 Å². The Kier molecular flexibility index (Phi) is 3.99. The van der Waals surface area contributed by atoms with E-state index in [4.69, 9.17) is 14.9 Å². The summed E-state index contributed by atoms with van der Waals surface area (Å²) < 4.78 is 10.5. The second-order valence-electron chi connectivity index (χ2n) is 2.42. The third kappa shape index (κ3) is 3.25. The molecule has 0 radical (unpaired) electrons. The van der Waals surface area contributed by atoms with Gasteiger partial charge in [-0.15, -0.1) is 0 Å². The zero-order valence-corrected chi connectivity index (χ0v) is 7.57. The Morgan fingerprint density at radius 1 is 1.38 bits per heavy atom. The van der Waals surface area contributed by atoms with Crippen molar-refractivity contribution in [2.24, 2.45) is 0 Å². The van der Waals surface area contributed by atoms with Gasteiger partial charge in [0.25, 0.3) is 0 Å². The van der Waals surface area contributed by atoms with E-state index < -0.39 is 6.29 Å². The van der Waals surface area contributed by atoms with Crippen LogP contribution in [-0.2, 0) is 4.74 Å². The third-order valence-electron chi connectivity index (χ3n) is 1.46. The average Bonchev–Trinajstić information content (AvgIpc) is 2.19. The van der Waals surface area contributed by atoms with Crippen molar-refractivity contribution in [2.75, 3.05) is 6.61 Å². The highest BCUT2D eigenvalue weighted by Crippen LogP contribution is 2.10. The summed E-state index contributed by atoms with van der Waals surface area (Å²) in [6.45, 7) is 2.40. The molecule has 0 aromatic heterocycles. The Balaban J connectivity index is 2.51. The van der Waals surface area contributed by atoms with Crippen LogP contribution in [0.2, 0.25) is 0 Å². The quantitative estimate of drug-likeness (QED) is 0.555. The van der Waals surface area contributed by atoms with Crippen LogP contribution in [0.25, 0.3) is 0 Å². The summed E-state index contributed by atoms with van der Waals surface area (Å²) in [5.41, 5.74) is 0. The Labute approximate surface area is 77.8 Å². The molecule has 1 unspecified atom stereocenters. The van der Waals surface area contributed by atoms with E-state index in [-0.39, 0.29) is 0 Å². The smallest absolute Gasteiger partial charge is 0.236 e. The summed E-state index contributed by atoms with van der Waals surface area (Å²) in [5.74, 6) is 0.712. The van der Waals surface area contributed by atoms with Crippen molar-refractivity contribution in [3.63, 3.8) is 0 Å². The van der Waals surface area contributed by atoms with Crippen LogP contribution in [0.3, 0.4) is 0 Å². The van der Waals surface area contributed by atoms with Gasteiger partial charge >= 0.3 is 0 Å². The van der Waals surface area contributed by atoms with Crippen molar-refractivity contribution in [2.45, 2.75) is 13.2 Å². The largest absolute Gasteiger partial charge is 0.460 e. The van der Waals surface area contributed by atoms with E-state index in [2.05, 4.69) is 0 Å². The van der Waals surface area contributed by atoms with E-state index in [0.717, 1.165) is 6.21 Å². The molecule has 0 saturated carbocycles. The van der Waals surface area contributed by atoms with Gasteiger partial charge in [0.05, 0.1) is 6.21 Å². The predicted molar refractivity (Wildman–Crippen MR) is 51.3 cm³/mol. The van der Waals surface area contributed by atoms with E-state index in [1.807, 2.05) is 37.3 Å². The molecule has 1 atom stereocenters. The fourth-order valence-corrected chi connectivity index (χ4v) is 0.914. The molecule has 0 aliphatic heterocycles. The molecule has 0 bridgehead atoms. The van der Waals surface area contributed by atoms with Gasteiger partial charge in [-0.2, -0.15) is 0 Å². The second kappa shape index (κ2) is 5.32. The number of hydrogen-bond donors (Lipinski definition) is 1. The number of ether oxygens (including phenoxy) is 2. The Bertz CT molecular complexity index is 248. The van der Waals surface area contributed by atoms with Crippen LogP contribution in [0.4, 0.5) is 0 Å². The molecule has 0 fully saturated rings. The van der Waals surface area contributed by atoms with E-state index in [1.54, 1.807) is 0 Å². The second-order valence-corrected chi connectivity index (χ2v) is 2.42. The average molecular weight is 179 g/mol. The topological polar surface area (TPSA) is 42.3 Å². The molecule has 0 aliphatic carbocycles. The number of rotatable bonds is 5. The van der Waals surface area contributed by atoms with Crippen molar-refractivity contribution in [1.29, 1.82) is 5.41 Å². The van der Waals surface area contributed by atoms with Crippen LogP contribution in [0, 0.1) is 5.41 Å². The lowest BCUT2D eigenvalue weighted by molar-refractivity contribution is -0.0226. The van der Waals surface area contributed by atoms with E-state index in [1.165, 1.54) is 0 Å². The van der Waals surface area contributed by atoms with E-state index >= 15 is 0 Å². The third-order valence-corrected chi connectivity index (χ3v) is 1.46. The minimum Gasteiger partial charge on any atom is -0.460 e. The first kappa shape index (κ1) is 9.74. The lowest BCUT2D eigenvalue weighted by Gasteiger charge is -2.13. The first-order valence-electron chi connectivity index (χ1n) is 4.20. The van der Waals surface area contributed by atoms with Gasteiger partial charge in [-0.25, -0.2) is 0 Å². The monoisotopic (exact) mass is 179 g/mol. The molecule has 1 aromatic carbocycles. The highest BCUT2D eigenvalue weighted by atomic mass is 16.7. The number of hydrogen-bond acceptors (Lipinski definition) is 3. The van der Waals surface area contributed by atoms with Crippen molar-refractivity contribution in [1.82, 2.24) is 0 Å². The fraction of sp³-hybridized carbons (Fsp3) is 0.300. The molecule has 1 aromatic rings. The molecule has 1 N–H and O–H groups in total. The summed E-state index contributed by atoms with van der Waals surface area (Å²) >= 11 is 0. The summed E-state index contributed by atoms with van der Waals surface area (Å²) in [4.78, 5) is 0. The number of nitrogens with one attached hydrogen (secondary N) is 1. The number of para-hydroxylation sites is 1. The van der Waals surface area contributed by atoms with Crippen molar-refractivity contribution >= 4 is 6.21 Å². The minimum atomic E-state index is -0.576. The van der Waals surface area contributed by atoms with Crippen LogP contribution < -0.4 is 4.74 Å². The molecule has 0 heterocycles. The van der Waals surface area contributed by atoms with Crippen LogP contribution in [0.1, 0.15) is 6.92 Å². The molecule has 3 heteroatoms. The van der Waals surface area contributed by atoms with Gasteiger partial charge in [-0.1, -0.05) is 18.2 Å². The Morgan fingerprint density at radius 3 is 2.62 bits per heavy atom. The van der Waals surface area contributed by atoms with E-state index in [0.29, 0.717) is 12.4 Å². The van der Waals surface area contributed by atoms with E-state index in [9.17, 15) is 0 Å². The highest BCUT2D eigenvalue weighted by Gasteiger charge is 2.04. The van der Waals surface area contributed by atoms with Crippen LogP contribution in [0.15, 0.2) is 30.3 Å². The maximum Gasteiger partial charge on any atom is 0.236 e. The van der Waals surface area contributed by atoms with Crippen LogP contribution in [0.5, 0.6) is 5.75 Å². The lowest BCUT2D eigenvalue weighted by atomic mass is 10.3. The van der Waals surface area contributed by atoms with Crippen molar-refractivity contribution in [3.8, 4) is 5.75 Å². The Hall–Kier alpha value is -1.35. The first-order chi connectivity index (χ1) is 6.36. The zero-order valence-electron chi connectivity index (χ0n) is 7.57. The minimum absolute atomic E-state index is 0.535. The molecule has 70 valence electrons. The molecule has 0 spiro atoms. The summed E-state index contributed by atoms with van der Waals surface area (Å²) in [7, 11) is 0. The SMILES string of the molecule is CCOC(C=N)Oc1ccccc1. The maximum atomic E-state index is 7.04. The molecular weight excluding hydrogens is 166 g/mol. The van der Waals surface area contributed by atoms with Gasteiger partial charge in [-0.3, -0.25) is 0 Å². The first-order valence-corrected chi connectivity index (χ1v) is 4.20. The standard InChI is InChI=1S/C10H13NO2/c1-2-12-10(8-11)13-9-6-4-3-5-7-9/h3-8,10-11H,2H2,1H3. The van der Waals surface area contributed by atoms with Gasteiger partial charge in [-0.05, 0) is 19.1 Å². The van der Waals surface area contributed by atoms with Gasteiger partial charge < -0.3 is 14.9 Å². The molecule has 0 amide bonds. The fourth-order valence-electron chi connectivity index (χ4n) is 0.914. The molecule has 0 saturated heterocycles. The molecular formula is C10H13NO2. The maximum absolute atomic E-state index is 7.04. The van der Waals surface area contributed by atoms with Gasteiger partial charge in [0.15, 0.2) is 0 Å². The van der Waals surface area contributed by atoms with Gasteiger partial charge in [0, 0.05) is 6.61 Å². The lowest BCUT2D eigenvalue weighted by Crippen LogP contribution is -2.21. The van der Waals surface area contributed by atoms with Crippen molar-refractivity contribution in [3.05, 3.63) is 30.3 Å². The van der Waals surface area contributed by atoms with Crippen LogP contribution >= 0.6 is 0 Å². The van der Waals surface area contributed by atoms with Gasteiger partial charge in [0.2, 0.25) is 6.29 Å². The van der Waals surface area contributed by atoms with Crippen molar-refractivity contribution < 1.29 is 9.47 Å². The summed E-state index contributed by atoms with van der Waals surface area (Å²) in [5, 5.41) is 7.04. The van der Waals surface area contributed by atoms with Crippen LogP contribution in [-0.4, -0.2) is 19.1 Å². The number of benzene rings is 1. The Morgan fingerprint density at radius 2 is 2.08 bits per heavy atom. The predicted octanol–water partition coefficient (Wildman–Crippen LogP) is 2.08. The summed E-state index contributed by atoms with van der Waals surface area (Å²) in [6.07, 6.45) is 0.559.